The molecule has 66 valence electrons. The van der Waals surface area contributed by atoms with E-state index in [2.05, 4.69) is 0 Å². The molecule has 0 fully saturated rings. The summed E-state index contributed by atoms with van der Waals surface area (Å²) >= 11 is 10.6. The number of hydrogen-bond donors (Lipinski definition) is 1. The van der Waals surface area contributed by atoms with Gasteiger partial charge < -0.3 is 0 Å². The maximum atomic E-state index is 11.1. The van der Waals surface area contributed by atoms with Gasteiger partial charge in [-0.05, 0) is 5.87 Å². The first-order valence-corrected chi connectivity index (χ1v) is 3.75. The van der Waals surface area contributed by atoms with Crippen LogP contribution in [0.25, 0.3) is 0 Å². The zero-order valence-electron chi connectivity index (χ0n) is 5.98. The van der Waals surface area contributed by atoms with Crippen LogP contribution in [0.2, 0.25) is 0 Å². The molecule has 0 atom stereocenters. The third-order valence-electron chi connectivity index (χ3n) is 1.38. The molecule has 6 heteroatoms. The summed E-state index contributed by atoms with van der Waals surface area (Å²) in [4.78, 5) is 32.9. The standard InChI is InChI=1S/C7HCl2NO3/c8-3-4(9)7(13)6(12)2(1-10)5(3)11/h10H. The van der Waals surface area contributed by atoms with E-state index in [-0.39, 0.29) is 0 Å². The minimum absolute atomic E-state index is 0.541. The normalized spacial score (nSPS) is 18.0. The maximum Gasteiger partial charge on any atom is 0.247 e. The van der Waals surface area contributed by atoms with E-state index in [0.717, 1.165) is 0 Å². The van der Waals surface area contributed by atoms with Crippen LogP contribution in [0.15, 0.2) is 15.6 Å². The summed E-state index contributed by atoms with van der Waals surface area (Å²) in [5, 5.41) is 5.46. The second-order valence-electron chi connectivity index (χ2n) is 2.12. The van der Waals surface area contributed by atoms with Crippen LogP contribution in [0.5, 0.6) is 0 Å². The van der Waals surface area contributed by atoms with E-state index in [1.54, 1.807) is 5.87 Å². The second kappa shape index (κ2) is 3.26. The van der Waals surface area contributed by atoms with Crippen molar-refractivity contribution in [3.63, 3.8) is 0 Å². The number of ketones is 3. The first-order chi connectivity index (χ1) is 6.00. The van der Waals surface area contributed by atoms with Crippen LogP contribution in [-0.4, -0.2) is 23.2 Å². The van der Waals surface area contributed by atoms with Crippen molar-refractivity contribution in [2.75, 3.05) is 0 Å². The van der Waals surface area contributed by atoms with E-state index in [1.165, 1.54) is 0 Å². The predicted molar refractivity (Wildman–Crippen MR) is 45.0 cm³/mol. The number of allylic oxidation sites excluding steroid dienone is 3. The van der Waals surface area contributed by atoms with Crippen molar-refractivity contribution < 1.29 is 14.4 Å². The number of carbonyl (C=O) groups excluding carboxylic acids is 3. The number of halogens is 2. The van der Waals surface area contributed by atoms with Crippen LogP contribution < -0.4 is 0 Å². The number of carbonyl (C=O) groups is 3. The van der Waals surface area contributed by atoms with Gasteiger partial charge >= 0.3 is 0 Å². The Morgan fingerprint density at radius 3 is 1.85 bits per heavy atom. The van der Waals surface area contributed by atoms with Gasteiger partial charge in [-0.1, -0.05) is 23.2 Å². The molecule has 0 saturated heterocycles. The molecular weight excluding hydrogens is 217 g/mol. The fraction of sp³-hybridized carbons (Fsp3) is 0. The lowest BCUT2D eigenvalue weighted by Crippen LogP contribution is -2.28. The summed E-state index contributed by atoms with van der Waals surface area (Å²) in [6.07, 6.45) is 0. The van der Waals surface area contributed by atoms with Crippen LogP contribution in [0.4, 0.5) is 0 Å². The van der Waals surface area contributed by atoms with Crippen molar-refractivity contribution in [3.05, 3.63) is 15.6 Å². The molecule has 0 aromatic rings. The fourth-order valence-electron chi connectivity index (χ4n) is 0.739. The van der Waals surface area contributed by atoms with Gasteiger partial charge in [0.15, 0.2) is 0 Å². The highest BCUT2D eigenvalue weighted by atomic mass is 35.5. The van der Waals surface area contributed by atoms with Crippen LogP contribution in [0.3, 0.4) is 0 Å². The summed E-state index contributed by atoms with van der Waals surface area (Å²) in [6, 6.07) is 0. The van der Waals surface area contributed by atoms with Gasteiger partial charge in [-0.25, -0.2) is 0 Å². The summed E-state index contributed by atoms with van der Waals surface area (Å²) in [6.45, 7) is 0. The van der Waals surface area contributed by atoms with Gasteiger partial charge in [-0.2, -0.15) is 0 Å². The summed E-state index contributed by atoms with van der Waals surface area (Å²) < 4.78 is 0. The third-order valence-corrected chi connectivity index (χ3v) is 2.19. The minimum Gasteiger partial charge on any atom is -0.287 e. The molecule has 1 aliphatic rings. The van der Waals surface area contributed by atoms with E-state index in [0.29, 0.717) is 0 Å². The quantitative estimate of drug-likeness (QED) is 0.279. The predicted octanol–water partition coefficient (Wildman–Crippen LogP) is 0.571. The Morgan fingerprint density at radius 2 is 1.38 bits per heavy atom. The number of Topliss-reactive ketones (excluding diaryl/α,β-unsaturated/α-hetero) is 3. The summed E-state index contributed by atoms with van der Waals surface area (Å²) in [5.74, 6) is -1.61. The molecule has 4 nitrogen and oxygen atoms in total. The molecule has 0 aliphatic heterocycles. The molecule has 0 unspecified atom stereocenters. The minimum atomic E-state index is -1.14. The zero-order chi connectivity index (χ0) is 10.2. The monoisotopic (exact) mass is 217 g/mol. The molecule has 1 N–H and O–H groups in total. The smallest absolute Gasteiger partial charge is 0.247 e. The van der Waals surface area contributed by atoms with Gasteiger partial charge in [0.2, 0.25) is 17.3 Å². The first kappa shape index (κ1) is 9.86. The van der Waals surface area contributed by atoms with Crippen LogP contribution in [-0.2, 0) is 14.4 Å². The summed E-state index contributed by atoms with van der Waals surface area (Å²) in [5.41, 5.74) is -0.681. The molecule has 0 heterocycles. The molecule has 13 heavy (non-hydrogen) atoms. The van der Waals surface area contributed by atoms with Crippen molar-refractivity contribution in [1.82, 2.24) is 0 Å². The Morgan fingerprint density at radius 1 is 0.923 bits per heavy atom. The highest BCUT2D eigenvalue weighted by Gasteiger charge is 2.36. The molecule has 1 aliphatic carbocycles. The average molecular weight is 218 g/mol. The molecule has 0 saturated carbocycles. The molecule has 0 aromatic heterocycles. The van der Waals surface area contributed by atoms with Crippen LogP contribution in [0, 0.1) is 5.41 Å². The molecule has 0 aromatic carbocycles. The Bertz CT molecular complexity index is 415. The molecule has 0 radical (unpaired) electrons. The zero-order valence-corrected chi connectivity index (χ0v) is 7.49. The average Bonchev–Trinajstić information content (AvgIpc) is 2.13. The SMILES string of the molecule is N=C=C1C(=O)C(=O)C(Cl)=C(Cl)C1=O. The molecule has 0 spiro atoms. The lowest BCUT2D eigenvalue weighted by atomic mass is 9.98. The first-order valence-electron chi connectivity index (χ1n) is 2.99. The largest absolute Gasteiger partial charge is 0.287 e. The number of nitrogens with one attached hydrogen (secondary N) is 1. The van der Waals surface area contributed by atoms with E-state index in [9.17, 15) is 14.4 Å². The van der Waals surface area contributed by atoms with E-state index in [4.69, 9.17) is 28.6 Å². The Hall–Kier alpha value is -1.22. The van der Waals surface area contributed by atoms with Gasteiger partial charge in [-0.15, -0.1) is 0 Å². The third kappa shape index (κ3) is 1.35. The lowest BCUT2D eigenvalue weighted by Gasteiger charge is -2.08. The number of rotatable bonds is 0. The highest BCUT2D eigenvalue weighted by Crippen LogP contribution is 2.24. The van der Waals surface area contributed by atoms with Gasteiger partial charge in [-0.3, -0.25) is 19.8 Å². The van der Waals surface area contributed by atoms with Gasteiger partial charge in [0.25, 0.3) is 0 Å². The van der Waals surface area contributed by atoms with Gasteiger partial charge in [0, 0.05) is 0 Å². The van der Waals surface area contributed by atoms with Crippen molar-refractivity contribution in [1.29, 1.82) is 5.41 Å². The fourth-order valence-corrected chi connectivity index (χ4v) is 1.09. The Labute approximate surface area is 82.3 Å². The van der Waals surface area contributed by atoms with Crippen molar-refractivity contribution >= 4 is 46.4 Å². The highest BCUT2D eigenvalue weighted by molar-refractivity contribution is 6.73. The van der Waals surface area contributed by atoms with Gasteiger partial charge in [0.05, 0.1) is 0 Å². The molecule has 0 bridgehead atoms. The van der Waals surface area contributed by atoms with Crippen molar-refractivity contribution in [2.45, 2.75) is 0 Å². The van der Waals surface area contributed by atoms with Crippen molar-refractivity contribution in [3.8, 4) is 0 Å². The summed E-state index contributed by atoms with van der Waals surface area (Å²) in [7, 11) is 0. The van der Waals surface area contributed by atoms with Crippen LogP contribution >= 0.6 is 23.2 Å². The second-order valence-corrected chi connectivity index (χ2v) is 2.87. The topological polar surface area (TPSA) is 75.1 Å². The Balaban J connectivity index is 3.48. The lowest BCUT2D eigenvalue weighted by molar-refractivity contribution is -0.133. The van der Waals surface area contributed by atoms with Gasteiger partial charge in [0.1, 0.15) is 15.6 Å². The Kier molecular flexibility index (Phi) is 2.48. The molecular formula is C7HCl2NO3. The number of hydrogen-bond acceptors (Lipinski definition) is 4. The van der Waals surface area contributed by atoms with Crippen molar-refractivity contribution in [2.24, 2.45) is 0 Å². The van der Waals surface area contributed by atoms with E-state index in [1.807, 2.05) is 0 Å². The van der Waals surface area contributed by atoms with E-state index < -0.39 is 33.0 Å². The molecule has 1 rings (SSSR count). The van der Waals surface area contributed by atoms with Crippen LogP contribution in [0.1, 0.15) is 0 Å². The molecule has 0 amide bonds. The maximum absolute atomic E-state index is 11.1. The van der Waals surface area contributed by atoms with E-state index >= 15 is 0 Å².